The first-order valence-electron chi connectivity index (χ1n) is 5.35. The van der Waals surface area contributed by atoms with Gasteiger partial charge in [0, 0.05) is 12.6 Å². The van der Waals surface area contributed by atoms with Crippen molar-refractivity contribution < 1.29 is 0 Å². The van der Waals surface area contributed by atoms with E-state index in [1.165, 1.54) is 30.4 Å². The van der Waals surface area contributed by atoms with Gasteiger partial charge in [0.15, 0.2) is 0 Å². The third kappa shape index (κ3) is 1.97. The lowest BCUT2D eigenvalue weighted by atomic mass is 9.96. The molecule has 0 bridgehead atoms. The van der Waals surface area contributed by atoms with Crippen LogP contribution in [0, 0.1) is 6.92 Å². The minimum atomic E-state index is 0.434. The molecule has 1 aromatic carbocycles. The van der Waals surface area contributed by atoms with Gasteiger partial charge in [0.1, 0.15) is 0 Å². The Morgan fingerprint density at radius 1 is 1.36 bits per heavy atom. The number of nitrogens with two attached hydrogens (primary N) is 1. The Hall–Kier alpha value is -0.860. The fourth-order valence-electron chi connectivity index (χ4n) is 2.19. The first-order valence-corrected chi connectivity index (χ1v) is 5.35. The predicted octanol–water partition coefficient (Wildman–Crippen LogP) is 2.40. The third-order valence-corrected chi connectivity index (χ3v) is 2.97. The lowest BCUT2D eigenvalue weighted by molar-refractivity contribution is 0.151. The molecule has 1 atom stereocenters. The van der Waals surface area contributed by atoms with E-state index in [9.17, 15) is 0 Å². The van der Waals surface area contributed by atoms with E-state index in [1.807, 2.05) is 5.01 Å². The molecular weight excluding hydrogens is 172 g/mol. The summed E-state index contributed by atoms with van der Waals surface area (Å²) in [6.07, 6.45) is 3.73. The Labute approximate surface area is 85.7 Å². The van der Waals surface area contributed by atoms with Crippen LogP contribution < -0.4 is 5.84 Å². The van der Waals surface area contributed by atoms with Gasteiger partial charge < -0.3 is 0 Å². The third-order valence-electron chi connectivity index (χ3n) is 2.97. The number of hydrazine groups is 1. The molecule has 0 amide bonds. The summed E-state index contributed by atoms with van der Waals surface area (Å²) in [4.78, 5) is 0. The van der Waals surface area contributed by atoms with Gasteiger partial charge in [0.25, 0.3) is 0 Å². The van der Waals surface area contributed by atoms with Gasteiger partial charge in [-0.25, -0.2) is 5.01 Å². The van der Waals surface area contributed by atoms with Gasteiger partial charge in [-0.15, -0.1) is 0 Å². The second-order valence-corrected chi connectivity index (χ2v) is 4.16. The number of benzene rings is 1. The summed E-state index contributed by atoms with van der Waals surface area (Å²) < 4.78 is 0. The van der Waals surface area contributed by atoms with Crippen LogP contribution in [0.1, 0.15) is 36.4 Å². The monoisotopic (exact) mass is 190 g/mol. The minimum Gasteiger partial charge on any atom is -0.268 e. The van der Waals surface area contributed by atoms with E-state index in [-0.39, 0.29) is 0 Å². The van der Waals surface area contributed by atoms with E-state index in [0.717, 1.165) is 6.54 Å². The topological polar surface area (TPSA) is 29.3 Å². The van der Waals surface area contributed by atoms with Gasteiger partial charge >= 0.3 is 0 Å². The summed E-state index contributed by atoms with van der Waals surface area (Å²) in [6, 6.07) is 9.11. The summed E-state index contributed by atoms with van der Waals surface area (Å²) >= 11 is 0. The average molecular weight is 190 g/mol. The summed E-state index contributed by atoms with van der Waals surface area (Å²) in [5.41, 5.74) is 2.69. The molecule has 14 heavy (non-hydrogen) atoms. The first kappa shape index (κ1) is 9.69. The van der Waals surface area contributed by atoms with Gasteiger partial charge in [0.2, 0.25) is 0 Å². The first-order chi connectivity index (χ1) is 6.77. The highest BCUT2D eigenvalue weighted by Gasteiger charge is 2.20. The summed E-state index contributed by atoms with van der Waals surface area (Å²) in [7, 11) is 0. The minimum absolute atomic E-state index is 0.434. The molecule has 0 aromatic heterocycles. The zero-order valence-electron chi connectivity index (χ0n) is 8.74. The quantitative estimate of drug-likeness (QED) is 0.689. The Morgan fingerprint density at radius 3 is 2.93 bits per heavy atom. The van der Waals surface area contributed by atoms with Crippen LogP contribution >= 0.6 is 0 Å². The fourth-order valence-corrected chi connectivity index (χ4v) is 2.19. The van der Waals surface area contributed by atoms with Crippen LogP contribution in [0.4, 0.5) is 0 Å². The van der Waals surface area contributed by atoms with Gasteiger partial charge in [-0.1, -0.05) is 36.2 Å². The second-order valence-electron chi connectivity index (χ2n) is 4.16. The molecule has 0 saturated carbocycles. The van der Waals surface area contributed by atoms with Gasteiger partial charge in [-0.05, 0) is 25.3 Å². The van der Waals surface area contributed by atoms with E-state index in [4.69, 9.17) is 5.84 Å². The molecule has 2 rings (SSSR count). The van der Waals surface area contributed by atoms with Crippen molar-refractivity contribution in [3.8, 4) is 0 Å². The lowest BCUT2D eigenvalue weighted by Crippen LogP contribution is -2.38. The van der Waals surface area contributed by atoms with Gasteiger partial charge in [-0.3, -0.25) is 5.84 Å². The SMILES string of the molecule is Cc1cccc(C2CCCCN2N)c1. The van der Waals surface area contributed by atoms with Crippen LogP contribution in [0.2, 0.25) is 0 Å². The van der Waals surface area contributed by atoms with Crippen molar-refractivity contribution in [3.05, 3.63) is 35.4 Å². The van der Waals surface area contributed by atoms with Crippen LogP contribution in [-0.4, -0.2) is 11.6 Å². The highest BCUT2D eigenvalue weighted by Crippen LogP contribution is 2.28. The fraction of sp³-hybridized carbons (Fsp3) is 0.500. The maximum Gasteiger partial charge on any atom is 0.0490 e. The molecule has 1 saturated heterocycles. The van der Waals surface area contributed by atoms with Crippen LogP contribution in [0.25, 0.3) is 0 Å². The van der Waals surface area contributed by atoms with Crippen molar-refractivity contribution in [2.75, 3.05) is 6.54 Å². The second kappa shape index (κ2) is 4.11. The largest absolute Gasteiger partial charge is 0.268 e. The number of aryl methyl sites for hydroxylation is 1. The zero-order chi connectivity index (χ0) is 9.97. The molecule has 1 aliphatic heterocycles. The zero-order valence-corrected chi connectivity index (χ0v) is 8.74. The van der Waals surface area contributed by atoms with E-state index >= 15 is 0 Å². The number of rotatable bonds is 1. The van der Waals surface area contributed by atoms with Gasteiger partial charge in [-0.2, -0.15) is 0 Å². The molecular formula is C12H18N2. The smallest absolute Gasteiger partial charge is 0.0490 e. The number of piperidine rings is 1. The van der Waals surface area contributed by atoms with Gasteiger partial charge in [0.05, 0.1) is 0 Å². The van der Waals surface area contributed by atoms with Crippen LogP contribution in [0.3, 0.4) is 0 Å². The maximum absolute atomic E-state index is 5.99. The molecule has 76 valence electrons. The average Bonchev–Trinajstić information content (AvgIpc) is 2.18. The molecule has 1 aromatic rings. The molecule has 1 unspecified atom stereocenters. The van der Waals surface area contributed by atoms with E-state index in [2.05, 4.69) is 31.2 Å². The van der Waals surface area contributed by atoms with Crippen molar-refractivity contribution in [1.82, 2.24) is 5.01 Å². The molecule has 0 radical (unpaired) electrons. The van der Waals surface area contributed by atoms with Crippen LogP contribution in [0.5, 0.6) is 0 Å². The van der Waals surface area contributed by atoms with E-state index < -0.39 is 0 Å². The van der Waals surface area contributed by atoms with Crippen molar-refractivity contribution in [1.29, 1.82) is 0 Å². The Balaban J connectivity index is 2.20. The van der Waals surface area contributed by atoms with Crippen molar-refractivity contribution >= 4 is 0 Å². The van der Waals surface area contributed by atoms with Crippen LogP contribution in [-0.2, 0) is 0 Å². The Kier molecular flexibility index (Phi) is 2.85. The van der Waals surface area contributed by atoms with Crippen LogP contribution in [0.15, 0.2) is 24.3 Å². The molecule has 0 spiro atoms. The normalized spacial score (nSPS) is 23.7. The van der Waals surface area contributed by atoms with E-state index in [0.29, 0.717) is 6.04 Å². The molecule has 0 aliphatic carbocycles. The standard InChI is InChI=1S/C12H18N2/c1-10-5-4-6-11(9-10)12-7-2-3-8-14(12)13/h4-6,9,12H,2-3,7-8,13H2,1H3. The summed E-state index contributed by atoms with van der Waals surface area (Å²) in [5, 5.41) is 1.98. The molecule has 2 nitrogen and oxygen atoms in total. The Morgan fingerprint density at radius 2 is 2.21 bits per heavy atom. The summed E-state index contributed by atoms with van der Waals surface area (Å²) in [6.45, 7) is 3.16. The molecule has 1 fully saturated rings. The molecule has 2 N–H and O–H groups in total. The Bertz CT molecular complexity index is 309. The predicted molar refractivity (Wildman–Crippen MR) is 58.7 cm³/mol. The molecule has 1 aliphatic rings. The maximum atomic E-state index is 5.99. The highest BCUT2D eigenvalue weighted by molar-refractivity contribution is 5.25. The summed E-state index contributed by atoms with van der Waals surface area (Å²) in [5.74, 6) is 5.99. The molecule has 1 heterocycles. The highest BCUT2D eigenvalue weighted by atomic mass is 15.4. The number of hydrogen-bond donors (Lipinski definition) is 1. The molecule has 2 heteroatoms. The lowest BCUT2D eigenvalue weighted by Gasteiger charge is -2.32. The number of hydrogen-bond acceptors (Lipinski definition) is 2. The van der Waals surface area contributed by atoms with E-state index in [1.54, 1.807) is 0 Å². The number of nitrogens with zero attached hydrogens (tertiary/aromatic N) is 1. The van der Waals surface area contributed by atoms with Crippen molar-refractivity contribution in [2.45, 2.75) is 32.2 Å². The van der Waals surface area contributed by atoms with Crippen molar-refractivity contribution in [2.24, 2.45) is 5.84 Å². The van der Waals surface area contributed by atoms with Crippen molar-refractivity contribution in [3.63, 3.8) is 0 Å².